The molecule has 1 unspecified atom stereocenters. The van der Waals surface area contributed by atoms with Gasteiger partial charge in [-0.1, -0.05) is 28.1 Å². The monoisotopic (exact) mass is 282 g/mol. The summed E-state index contributed by atoms with van der Waals surface area (Å²) in [6.45, 7) is 0. The first kappa shape index (κ1) is 11.4. The fourth-order valence-electron chi connectivity index (χ4n) is 1.69. The Morgan fingerprint density at radius 3 is 2.50 bits per heavy atom. The van der Waals surface area contributed by atoms with Gasteiger partial charge in [0.1, 0.15) is 5.82 Å². The molecule has 1 heterocycles. The van der Waals surface area contributed by atoms with E-state index in [1.165, 1.54) is 12.1 Å². The van der Waals surface area contributed by atoms with Gasteiger partial charge < -0.3 is 4.42 Å². The van der Waals surface area contributed by atoms with Crippen LogP contribution in [0.4, 0.5) is 4.39 Å². The Balaban J connectivity index is 2.13. The first-order chi connectivity index (χ1) is 7.79. The molecule has 0 spiro atoms. The summed E-state index contributed by atoms with van der Waals surface area (Å²) in [5.41, 5.74) is 2.30. The van der Waals surface area contributed by atoms with Gasteiger partial charge in [-0.3, -0.25) is 0 Å². The maximum absolute atomic E-state index is 12.8. The molecule has 0 saturated heterocycles. The van der Waals surface area contributed by atoms with Crippen molar-refractivity contribution < 1.29 is 8.81 Å². The third-order valence-electron chi connectivity index (χ3n) is 2.59. The molecular weight excluding hydrogens is 271 g/mol. The lowest BCUT2D eigenvalue weighted by molar-refractivity contribution is 0.562. The molecule has 2 aromatic rings. The molecule has 2 rings (SSSR count). The van der Waals surface area contributed by atoms with E-state index in [0.717, 1.165) is 22.9 Å². The van der Waals surface area contributed by atoms with Crippen molar-refractivity contribution >= 4 is 15.9 Å². The summed E-state index contributed by atoms with van der Waals surface area (Å²) in [6.07, 6.45) is 4.32. The molecule has 0 aliphatic rings. The fraction of sp³-hybridized carbons (Fsp3) is 0.231. The zero-order valence-electron chi connectivity index (χ0n) is 8.70. The van der Waals surface area contributed by atoms with Crippen molar-refractivity contribution in [1.29, 1.82) is 0 Å². The van der Waals surface area contributed by atoms with Crippen molar-refractivity contribution in [1.82, 2.24) is 0 Å². The van der Waals surface area contributed by atoms with Crippen molar-refractivity contribution in [2.75, 3.05) is 5.33 Å². The van der Waals surface area contributed by atoms with Gasteiger partial charge in [0.15, 0.2) is 0 Å². The number of alkyl halides is 1. The van der Waals surface area contributed by atoms with E-state index in [4.69, 9.17) is 4.42 Å². The first-order valence-electron chi connectivity index (χ1n) is 5.12. The summed E-state index contributed by atoms with van der Waals surface area (Å²) in [5.74, 6) is 0.151. The molecule has 0 fully saturated rings. The minimum absolute atomic E-state index is 0.194. The maximum Gasteiger partial charge on any atom is 0.123 e. The van der Waals surface area contributed by atoms with Crippen LogP contribution in [0.15, 0.2) is 47.3 Å². The summed E-state index contributed by atoms with van der Waals surface area (Å²) in [5, 5.41) is 0.851. The lowest BCUT2D eigenvalue weighted by atomic mass is 9.95. The molecule has 0 bridgehead atoms. The van der Waals surface area contributed by atoms with Crippen LogP contribution in [0.5, 0.6) is 0 Å². The molecule has 0 N–H and O–H groups in total. The van der Waals surface area contributed by atoms with Crippen LogP contribution >= 0.6 is 15.9 Å². The van der Waals surface area contributed by atoms with E-state index in [-0.39, 0.29) is 5.82 Å². The maximum atomic E-state index is 12.8. The summed E-state index contributed by atoms with van der Waals surface area (Å²) < 4.78 is 17.8. The second kappa shape index (κ2) is 5.30. The van der Waals surface area contributed by atoms with Gasteiger partial charge in [0.25, 0.3) is 0 Å². The Bertz CT molecular complexity index is 422. The molecule has 1 nitrogen and oxygen atoms in total. The van der Waals surface area contributed by atoms with Crippen LogP contribution in [0.1, 0.15) is 17.0 Å². The quantitative estimate of drug-likeness (QED) is 0.769. The third kappa shape index (κ3) is 2.73. The Morgan fingerprint density at radius 2 is 1.94 bits per heavy atom. The smallest absolute Gasteiger partial charge is 0.123 e. The van der Waals surface area contributed by atoms with Crippen molar-refractivity contribution in [3.8, 4) is 0 Å². The van der Waals surface area contributed by atoms with Crippen molar-refractivity contribution in [3.63, 3.8) is 0 Å². The molecule has 1 aromatic heterocycles. The highest BCUT2D eigenvalue weighted by Crippen LogP contribution is 2.23. The molecule has 0 aliphatic carbocycles. The van der Waals surface area contributed by atoms with E-state index < -0.39 is 0 Å². The molecular formula is C13H12BrFO. The average Bonchev–Trinajstić information content (AvgIpc) is 2.80. The minimum atomic E-state index is -0.194. The van der Waals surface area contributed by atoms with Gasteiger partial charge in [-0.25, -0.2) is 4.39 Å². The van der Waals surface area contributed by atoms with Crippen LogP contribution < -0.4 is 0 Å². The topological polar surface area (TPSA) is 13.1 Å². The molecule has 84 valence electrons. The molecule has 1 aromatic carbocycles. The predicted octanol–water partition coefficient (Wildman–Crippen LogP) is 4.14. The molecule has 3 heteroatoms. The fourth-order valence-corrected chi connectivity index (χ4v) is 2.29. The van der Waals surface area contributed by atoms with Crippen molar-refractivity contribution in [3.05, 3.63) is 59.8 Å². The Kier molecular flexibility index (Phi) is 3.78. The van der Waals surface area contributed by atoms with E-state index in [2.05, 4.69) is 15.9 Å². The number of benzene rings is 1. The Labute approximate surface area is 102 Å². The van der Waals surface area contributed by atoms with E-state index in [0.29, 0.717) is 5.92 Å². The van der Waals surface area contributed by atoms with Crippen LogP contribution in [0.3, 0.4) is 0 Å². The highest BCUT2D eigenvalue weighted by Gasteiger charge is 2.11. The summed E-state index contributed by atoms with van der Waals surface area (Å²) in [6, 6.07) is 8.63. The lowest BCUT2D eigenvalue weighted by Gasteiger charge is -2.13. The van der Waals surface area contributed by atoms with Gasteiger partial charge in [-0.2, -0.15) is 0 Å². The van der Waals surface area contributed by atoms with Crippen molar-refractivity contribution in [2.45, 2.75) is 12.3 Å². The number of hydrogen-bond donors (Lipinski definition) is 0. The van der Waals surface area contributed by atoms with Gasteiger partial charge >= 0.3 is 0 Å². The molecule has 16 heavy (non-hydrogen) atoms. The van der Waals surface area contributed by atoms with Crippen LogP contribution in [0, 0.1) is 5.82 Å². The normalized spacial score (nSPS) is 12.6. The standard InChI is InChI=1S/C13H12BrFO/c14-8-12(7-10-5-6-16-9-10)11-1-3-13(15)4-2-11/h1-6,9,12H,7-8H2. The van der Waals surface area contributed by atoms with Gasteiger partial charge in [0.2, 0.25) is 0 Å². The van der Waals surface area contributed by atoms with Crippen LogP contribution in [-0.4, -0.2) is 5.33 Å². The summed E-state index contributed by atoms with van der Waals surface area (Å²) >= 11 is 3.49. The van der Waals surface area contributed by atoms with Crippen LogP contribution in [-0.2, 0) is 6.42 Å². The molecule has 0 radical (unpaired) electrons. The minimum Gasteiger partial charge on any atom is -0.472 e. The highest BCUT2D eigenvalue weighted by molar-refractivity contribution is 9.09. The van der Waals surface area contributed by atoms with E-state index in [1.807, 2.05) is 18.2 Å². The largest absolute Gasteiger partial charge is 0.472 e. The van der Waals surface area contributed by atoms with Gasteiger partial charge in [0.05, 0.1) is 12.5 Å². The van der Waals surface area contributed by atoms with Gasteiger partial charge in [-0.15, -0.1) is 0 Å². The third-order valence-corrected chi connectivity index (χ3v) is 3.37. The SMILES string of the molecule is Fc1ccc(C(CBr)Cc2ccoc2)cc1. The van der Waals surface area contributed by atoms with Crippen LogP contribution in [0.25, 0.3) is 0 Å². The van der Waals surface area contributed by atoms with Crippen LogP contribution in [0.2, 0.25) is 0 Å². The van der Waals surface area contributed by atoms with Crippen molar-refractivity contribution in [2.24, 2.45) is 0 Å². The Hall–Kier alpha value is -1.09. The van der Waals surface area contributed by atoms with E-state index in [1.54, 1.807) is 12.5 Å². The summed E-state index contributed by atoms with van der Waals surface area (Å²) in [4.78, 5) is 0. The summed E-state index contributed by atoms with van der Waals surface area (Å²) in [7, 11) is 0. The molecule has 0 aliphatic heterocycles. The molecule has 0 amide bonds. The van der Waals surface area contributed by atoms with Gasteiger partial charge in [0, 0.05) is 5.33 Å². The van der Waals surface area contributed by atoms with Gasteiger partial charge in [-0.05, 0) is 41.7 Å². The molecule has 0 saturated carbocycles. The lowest BCUT2D eigenvalue weighted by Crippen LogP contribution is -2.03. The Morgan fingerprint density at radius 1 is 1.19 bits per heavy atom. The number of hydrogen-bond acceptors (Lipinski definition) is 1. The number of furan rings is 1. The zero-order chi connectivity index (χ0) is 11.4. The number of rotatable bonds is 4. The predicted molar refractivity (Wildman–Crippen MR) is 65.3 cm³/mol. The van der Waals surface area contributed by atoms with E-state index in [9.17, 15) is 4.39 Å². The second-order valence-corrected chi connectivity index (χ2v) is 4.39. The average molecular weight is 283 g/mol. The van der Waals surface area contributed by atoms with E-state index >= 15 is 0 Å². The second-order valence-electron chi connectivity index (χ2n) is 3.74. The number of halogens is 2. The zero-order valence-corrected chi connectivity index (χ0v) is 10.3. The first-order valence-corrected chi connectivity index (χ1v) is 6.24. The molecule has 1 atom stereocenters. The highest BCUT2D eigenvalue weighted by atomic mass is 79.9.